The molecule has 0 fully saturated rings. The molecule has 1 amide bonds. The van der Waals surface area contributed by atoms with Crippen LogP contribution >= 0.6 is 0 Å². The van der Waals surface area contributed by atoms with Crippen molar-refractivity contribution in [3.05, 3.63) is 29.8 Å². The molecule has 4 N–H and O–H groups in total. The maximum Gasteiger partial charge on any atom is 0.251 e. The van der Waals surface area contributed by atoms with Crippen LogP contribution in [0.2, 0.25) is 0 Å². The van der Waals surface area contributed by atoms with Crippen LogP contribution in [0.4, 0.5) is 0 Å². The lowest BCUT2D eigenvalue weighted by Gasteiger charge is -2.12. The Labute approximate surface area is 151 Å². The largest absolute Gasteiger partial charge is 0.508 e. The van der Waals surface area contributed by atoms with Crippen LogP contribution in [0.1, 0.15) is 50.4 Å². The van der Waals surface area contributed by atoms with E-state index in [1.54, 1.807) is 18.2 Å². The van der Waals surface area contributed by atoms with Crippen molar-refractivity contribution in [2.45, 2.75) is 40.0 Å². The minimum atomic E-state index is -0.182. The van der Waals surface area contributed by atoms with Gasteiger partial charge in [0, 0.05) is 31.7 Å². The standard InChI is InChI=1S/C19H32N4O2/c1-4-20-19(22-11-6-8-15(2)3)23-13-7-12-21-18(25)16-9-5-10-17(24)14-16/h5,9-10,14-15,24H,4,6-8,11-13H2,1-3H3,(H,21,25)(H2,20,22,23). The first-order valence-electron chi connectivity index (χ1n) is 9.12. The Morgan fingerprint density at radius 2 is 1.92 bits per heavy atom. The Bertz CT molecular complexity index is 544. The first-order chi connectivity index (χ1) is 12.0. The number of phenols is 1. The fourth-order valence-corrected chi connectivity index (χ4v) is 2.28. The topological polar surface area (TPSA) is 85.8 Å². The minimum absolute atomic E-state index is 0.0936. The highest BCUT2D eigenvalue weighted by molar-refractivity contribution is 5.94. The van der Waals surface area contributed by atoms with Gasteiger partial charge in [0.05, 0.1) is 0 Å². The van der Waals surface area contributed by atoms with Crippen molar-refractivity contribution in [1.82, 2.24) is 16.0 Å². The molecule has 0 saturated carbocycles. The molecule has 0 bridgehead atoms. The minimum Gasteiger partial charge on any atom is -0.508 e. The number of nitrogens with one attached hydrogen (secondary N) is 3. The third kappa shape index (κ3) is 9.59. The molecular formula is C19H32N4O2. The highest BCUT2D eigenvalue weighted by Crippen LogP contribution is 2.10. The summed E-state index contributed by atoms with van der Waals surface area (Å²) in [6.07, 6.45) is 3.09. The summed E-state index contributed by atoms with van der Waals surface area (Å²) in [6.45, 7) is 9.42. The zero-order chi connectivity index (χ0) is 18.5. The van der Waals surface area contributed by atoms with Crippen LogP contribution in [0.5, 0.6) is 5.75 Å². The summed E-state index contributed by atoms with van der Waals surface area (Å²) in [5.74, 6) is 1.46. The number of aromatic hydroxyl groups is 1. The van der Waals surface area contributed by atoms with Gasteiger partial charge >= 0.3 is 0 Å². The number of guanidine groups is 1. The van der Waals surface area contributed by atoms with Gasteiger partial charge in [0.1, 0.15) is 5.75 Å². The van der Waals surface area contributed by atoms with Crippen molar-refractivity contribution >= 4 is 11.9 Å². The molecule has 25 heavy (non-hydrogen) atoms. The third-order valence-electron chi connectivity index (χ3n) is 3.59. The summed E-state index contributed by atoms with van der Waals surface area (Å²) >= 11 is 0. The predicted octanol–water partition coefficient (Wildman–Crippen LogP) is 2.50. The molecule has 6 nitrogen and oxygen atoms in total. The number of hydrogen-bond donors (Lipinski definition) is 4. The van der Waals surface area contributed by atoms with Crippen LogP contribution in [0.25, 0.3) is 0 Å². The van der Waals surface area contributed by atoms with Crippen LogP contribution in [0.3, 0.4) is 0 Å². The van der Waals surface area contributed by atoms with E-state index in [1.165, 1.54) is 12.5 Å². The van der Waals surface area contributed by atoms with Gasteiger partial charge in [-0.2, -0.15) is 0 Å². The lowest BCUT2D eigenvalue weighted by molar-refractivity contribution is 0.0953. The number of rotatable bonds is 10. The molecule has 140 valence electrons. The molecule has 0 spiro atoms. The van der Waals surface area contributed by atoms with E-state index >= 15 is 0 Å². The Morgan fingerprint density at radius 1 is 1.16 bits per heavy atom. The van der Waals surface area contributed by atoms with Crippen LogP contribution < -0.4 is 16.0 Å². The van der Waals surface area contributed by atoms with E-state index in [0.29, 0.717) is 18.7 Å². The van der Waals surface area contributed by atoms with Crippen molar-refractivity contribution in [2.24, 2.45) is 10.9 Å². The van der Waals surface area contributed by atoms with Gasteiger partial charge in [-0.1, -0.05) is 19.9 Å². The van der Waals surface area contributed by atoms with E-state index < -0.39 is 0 Å². The Balaban J connectivity index is 2.27. The molecule has 1 aromatic rings. The zero-order valence-corrected chi connectivity index (χ0v) is 15.6. The molecule has 0 saturated heterocycles. The second kappa shape index (κ2) is 12.2. The summed E-state index contributed by atoms with van der Waals surface area (Å²) in [5.41, 5.74) is 0.462. The van der Waals surface area contributed by atoms with Gasteiger partial charge in [-0.15, -0.1) is 0 Å². The van der Waals surface area contributed by atoms with E-state index in [9.17, 15) is 9.90 Å². The van der Waals surface area contributed by atoms with Crippen LogP contribution in [-0.2, 0) is 0 Å². The van der Waals surface area contributed by atoms with Gasteiger partial charge in [-0.3, -0.25) is 9.79 Å². The van der Waals surface area contributed by atoms with E-state index in [-0.39, 0.29) is 11.7 Å². The van der Waals surface area contributed by atoms with Crippen LogP contribution in [0, 0.1) is 5.92 Å². The second-order valence-electron chi connectivity index (χ2n) is 6.38. The Hall–Kier alpha value is -2.24. The molecule has 0 heterocycles. The number of benzene rings is 1. The molecule has 0 atom stereocenters. The number of carbonyl (C=O) groups excluding carboxylic acids is 1. The van der Waals surface area contributed by atoms with Crippen molar-refractivity contribution in [3.63, 3.8) is 0 Å². The summed E-state index contributed by atoms with van der Waals surface area (Å²) in [4.78, 5) is 16.5. The smallest absolute Gasteiger partial charge is 0.251 e. The molecule has 6 heteroatoms. The molecule has 0 aromatic heterocycles. The summed E-state index contributed by atoms with van der Waals surface area (Å²) in [5, 5.41) is 18.8. The van der Waals surface area contributed by atoms with Crippen molar-refractivity contribution in [2.75, 3.05) is 26.2 Å². The summed E-state index contributed by atoms with van der Waals surface area (Å²) in [6, 6.07) is 6.33. The number of amides is 1. The number of nitrogens with zero attached hydrogens (tertiary/aromatic N) is 1. The quantitative estimate of drug-likeness (QED) is 0.297. The van der Waals surface area contributed by atoms with Gasteiger partial charge in [0.25, 0.3) is 5.91 Å². The van der Waals surface area contributed by atoms with Gasteiger partial charge in [0.2, 0.25) is 0 Å². The fourth-order valence-electron chi connectivity index (χ4n) is 2.28. The maximum atomic E-state index is 11.9. The Kier molecular flexibility index (Phi) is 10.1. The molecule has 1 aromatic carbocycles. The molecular weight excluding hydrogens is 316 g/mol. The van der Waals surface area contributed by atoms with Gasteiger partial charge in [-0.25, -0.2) is 0 Å². The average Bonchev–Trinajstić information content (AvgIpc) is 2.57. The van der Waals surface area contributed by atoms with Crippen molar-refractivity contribution in [1.29, 1.82) is 0 Å². The van der Waals surface area contributed by atoms with E-state index in [2.05, 4.69) is 34.8 Å². The van der Waals surface area contributed by atoms with Gasteiger partial charge < -0.3 is 21.1 Å². The highest BCUT2D eigenvalue weighted by atomic mass is 16.3. The lowest BCUT2D eigenvalue weighted by atomic mass is 10.1. The first kappa shape index (κ1) is 20.8. The molecule has 0 aliphatic heterocycles. The molecule has 0 radical (unpaired) electrons. The fraction of sp³-hybridized carbons (Fsp3) is 0.579. The number of phenolic OH excluding ortho intramolecular Hbond substituents is 1. The van der Waals surface area contributed by atoms with E-state index in [4.69, 9.17) is 0 Å². The molecule has 0 unspecified atom stereocenters. The van der Waals surface area contributed by atoms with Crippen molar-refractivity contribution in [3.8, 4) is 5.75 Å². The first-order valence-corrected chi connectivity index (χ1v) is 9.12. The predicted molar refractivity (Wildman–Crippen MR) is 103 cm³/mol. The maximum absolute atomic E-state index is 11.9. The third-order valence-corrected chi connectivity index (χ3v) is 3.59. The molecule has 0 aliphatic carbocycles. The lowest BCUT2D eigenvalue weighted by Crippen LogP contribution is -2.38. The van der Waals surface area contributed by atoms with Crippen molar-refractivity contribution < 1.29 is 9.90 Å². The van der Waals surface area contributed by atoms with Gasteiger partial charge in [-0.05, 0) is 50.3 Å². The van der Waals surface area contributed by atoms with E-state index in [1.807, 2.05) is 6.92 Å². The van der Waals surface area contributed by atoms with Crippen LogP contribution in [0.15, 0.2) is 29.3 Å². The normalized spacial score (nSPS) is 11.4. The molecule has 1 rings (SSSR count). The second-order valence-corrected chi connectivity index (χ2v) is 6.38. The Morgan fingerprint density at radius 3 is 2.60 bits per heavy atom. The average molecular weight is 348 g/mol. The summed E-state index contributed by atoms with van der Waals surface area (Å²) in [7, 11) is 0. The van der Waals surface area contributed by atoms with Crippen LogP contribution in [-0.4, -0.2) is 43.2 Å². The monoisotopic (exact) mass is 348 g/mol. The molecule has 0 aliphatic rings. The SMILES string of the molecule is CCNC(=NCCCNC(=O)c1cccc(O)c1)NCCCC(C)C. The number of aliphatic imine (C=N–C) groups is 1. The van der Waals surface area contributed by atoms with Gasteiger partial charge in [0.15, 0.2) is 5.96 Å². The van der Waals surface area contributed by atoms with E-state index in [0.717, 1.165) is 37.8 Å². The number of carbonyl (C=O) groups is 1. The summed E-state index contributed by atoms with van der Waals surface area (Å²) < 4.78 is 0. The number of hydrogen-bond acceptors (Lipinski definition) is 3. The highest BCUT2D eigenvalue weighted by Gasteiger charge is 2.05. The zero-order valence-electron chi connectivity index (χ0n) is 15.6.